The van der Waals surface area contributed by atoms with E-state index in [1.807, 2.05) is 27.7 Å². The summed E-state index contributed by atoms with van der Waals surface area (Å²) in [5.41, 5.74) is 5.41. The average molecular weight is 363 g/mol. The van der Waals surface area contributed by atoms with Gasteiger partial charge in [0.1, 0.15) is 5.84 Å². The quantitative estimate of drug-likeness (QED) is 0.796. The molecule has 7 nitrogen and oxygen atoms in total. The number of nitrogens with two attached hydrogens (primary N) is 1. The Hall–Kier alpha value is -1.71. The fourth-order valence-corrected chi connectivity index (χ4v) is 3.85. The van der Waals surface area contributed by atoms with Gasteiger partial charge in [0, 0.05) is 12.8 Å². The van der Waals surface area contributed by atoms with Gasteiger partial charge < -0.3 is 15.0 Å². The van der Waals surface area contributed by atoms with E-state index in [-0.39, 0.29) is 16.4 Å². The van der Waals surface area contributed by atoms with Gasteiger partial charge in [-0.15, -0.1) is 10.2 Å². The zero-order chi connectivity index (χ0) is 18.5. The van der Waals surface area contributed by atoms with Crippen LogP contribution in [0.25, 0.3) is 0 Å². The zero-order valence-corrected chi connectivity index (χ0v) is 15.6. The molecule has 25 heavy (non-hydrogen) atoms. The minimum atomic E-state index is -3.67. The second-order valence-corrected chi connectivity index (χ2v) is 9.20. The van der Waals surface area contributed by atoms with Gasteiger partial charge in [0.2, 0.25) is 9.84 Å². The van der Waals surface area contributed by atoms with E-state index in [1.165, 1.54) is 0 Å². The van der Waals surface area contributed by atoms with E-state index in [0.717, 1.165) is 5.46 Å². The lowest BCUT2D eigenvalue weighted by atomic mass is 9.79. The van der Waals surface area contributed by atoms with Crippen LogP contribution in [0.15, 0.2) is 39.4 Å². The van der Waals surface area contributed by atoms with Gasteiger partial charge in [0.25, 0.3) is 0 Å². The fourth-order valence-electron chi connectivity index (χ4n) is 2.56. The Morgan fingerprint density at radius 3 is 2.04 bits per heavy atom. The third kappa shape index (κ3) is 3.23. The first-order valence-electron chi connectivity index (χ1n) is 8.12. The predicted molar refractivity (Wildman–Crippen MR) is 97.6 cm³/mol. The van der Waals surface area contributed by atoms with Gasteiger partial charge in [-0.3, -0.25) is 0 Å². The fraction of sp³-hybridized carbons (Fsp3) is 0.500. The van der Waals surface area contributed by atoms with Crippen molar-refractivity contribution in [2.24, 2.45) is 15.9 Å². The first-order chi connectivity index (χ1) is 11.5. The lowest BCUT2D eigenvalue weighted by Gasteiger charge is -2.32. The van der Waals surface area contributed by atoms with Crippen molar-refractivity contribution in [2.45, 2.75) is 56.6 Å². The molecule has 0 spiro atoms. The normalized spacial score (nSPS) is 22.5. The Bertz CT molecular complexity index is 829. The molecule has 0 saturated carbocycles. The SMILES string of the molecule is CC1(C)OB(c2ccc(S(=O)(=O)C3=NN=C(N)CC3)cc2)OC1(C)C. The summed E-state index contributed by atoms with van der Waals surface area (Å²) in [6, 6.07) is 6.49. The van der Waals surface area contributed by atoms with E-state index >= 15 is 0 Å². The van der Waals surface area contributed by atoms with E-state index < -0.39 is 28.2 Å². The highest BCUT2D eigenvalue weighted by atomic mass is 32.2. The topological polar surface area (TPSA) is 103 Å². The Balaban J connectivity index is 1.84. The maximum atomic E-state index is 12.6. The number of sulfone groups is 1. The molecule has 2 heterocycles. The van der Waals surface area contributed by atoms with E-state index in [1.54, 1.807) is 24.3 Å². The number of amidine groups is 1. The predicted octanol–water partition coefficient (Wildman–Crippen LogP) is 1.22. The van der Waals surface area contributed by atoms with Crippen LogP contribution in [-0.2, 0) is 19.1 Å². The van der Waals surface area contributed by atoms with Gasteiger partial charge in [-0.05, 0) is 45.3 Å². The lowest BCUT2D eigenvalue weighted by Crippen LogP contribution is -2.41. The summed E-state index contributed by atoms with van der Waals surface area (Å²) in [6.45, 7) is 7.89. The van der Waals surface area contributed by atoms with Gasteiger partial charge >= 0.3 is 7.12 Å². The molecule has 0 aliphatic carbocycles. The maximum absolute atomic E-state index is 12.6. The molecule has 0 unspecified atom stereocenters. The molecule has 0 atom stereocenters. The number of nitrogens with zero attached hydrogens (tertiary/aromatic N) is 2. The number of benzene rings is 1. The Morgan fingerprint density at radius 1 is 1.00 bits per heavy atom. The molecule has 134 valence electrons. The van der Waals surface area contributed by atoms with Crippen LogP contribution in [0.5, 0.6) is 0 Å². The molecule has 1 aromatic rings. The largest absolute Gasteiger partial charge is 0.494 e. The molecule has 9 heteroatoms. The summed E-state index contributed by atoms with van der Waals surface area (Å²) in [5.74, 6) is 0.343. The number of hydrogen-bond donors (Lipinski definition) is 1. The van der Waals surface area contributed by atoms with Crippen LogP contribution < -0.4 is 11.2 Å². The van der Waals surface area contributed by atoms with Crippen molar-refractivity contribution in [1.82, 2.24) is 0 Å². The molecule has 1 saturated heterocycles. The second kappa shape index (κ2) is 5.93. The molecule has 2 N–H and O–H groups in total. The summed E-state index contributed by atoms with van der Waals surface area (Å²) >= 11 is 0. The molecule has 3 rings (SSSR count). The van der Waals surface area contributed by atoms with Crippen molar-refractivity contribution < 1.29 is 17.7 Å². The summed E-state index contributed by atoms with van der Waals surface area (Å²) in [4.78, 5) is 0.169. The maximum Gasteiger partial charge on any atom is 0.494 e. The van der Waals surface area contributed by atoms with Crippen molar-refractivity contribution >= 4 is 33.3 Å². The van der Waals surface area contributed by atoms with Crippen LogP contribution in [-0.4, -0.2) is 37.6 Å². The zero-order valence-electron chi connectivity index (χ0n) is 14.8. The van der Waals surface area contributed by atoms with Gasteiger partial charge in [-0.1, -0.05) is 12.1 Å². The van der Waals surface area contributed by atoms with E-state index in [4.69, 9.17) is 15.0 Å². The van der Waals surface area contributed by atoms with Crippen molar-refractivity contribution in [3.05, 3.63) is 24.3 Å². The molecule has 0 aromatic heterocycles. The third-order valence-electron chi connectivity index (χ3n) is 4.91. The highest BCUT2D eigenvalue weighted by Crippen LogP contribution is 2.36. The van der Waals surface area contributed by atoms with Crippen molar-refractivity contribution in [1.29, 1.82) is 0 Å². The van der Waals surface area contributed by atoms with Crippen molar-refractivity contribution in [3.63, 3.8) is 0 Å². The minimum absolute atomic E-state index is 0.0325. The van der Waals surface area contributed by atoms with E-state index in [9.17, 15) is 8.42 Å². The summed E-state index contributed by atoms with van der Waals surface area (Å²) in [7, 11) is -4.20. The minimum Gasteiger partial charge on any atom is -0.399 e. The molecule has 2 aliphatic heterocycles. The summed E-state index contributed by atoms with van der Waals surface area (Å²) in [6.07, 6.45) is 0.653. The van der Waals surface area contributed by atoms with Crippen LogP contribution in [0.1, 0.15) is 40.5 Å². The molecule has 0 amide bonds. The summed E-state index contributed by atoms with van der Waals surface area (Å²) < 4.78 is 37.2. The van der Waals surface area contributed by atoms with Gasteiger partial charge in [-0.2, -0.15) is 0 Å². The smallest absolute Gasteiger partial charge is 0.399 e. The molecule has 1 fully saturated rings. The first-order valence-corrected chi connectivity index (χ1v) is 9.61. The standard InChI is InChI=1S/C16H22BN3O4S/c1-15(2)16(3,4)24-17(23-15)11-5-7-12(8-6-11)25(21,22)14-10-9-13(18)19-20-14/h5-8H,9-10H2,1-4H3,(H2,18,19). The summed E-state index contributed by atoms with van der Waals surface area (Å²) in [5, 5.41) is 7.45. The van der Waals surface area contributed by atoms with Crippen LogP contribution >= 0.6 is 0 Å². The molecule has 1 aromatic carbocycles. The lowest BCUT2D eigenvalue weighted by molar-refractivity contribution is 0.00578. The van der Waals surface area contributed by atoms with Crippen molar-refractivity contribution in [2.75, 3.05) is 0 Å². The highest BCUT2D eigenvalue weighted by Gasteiger charge is 2.51. The van der Waals surface area contributed by atoms with Gasteiger partial charge in [0.05, 0.1) is 16.1 Å². The molecular weight excluding hydrogens is 341 g/mol. The molecule has 2 aliphatic rings. The van der Waals surface area contributed by atoms with Crippen molar-refractivity contribution in [3.8, 4) is 0 Å². The van der Waals surface area contributed by atoms with E-state index in [2.05, 4.69) is 10.2 Å². The van der Waals surface area contributed by atoms with Crippen LogP contribution in [0.4, 0.5) is 0 Å². The Labute approximate surface area is 148 Å². The van der Waals surface area contributed by atoms with Crippen LogP contribution in [0.3, 0.4) is 0 Å². The third-order valence-corrected chi connectivity index (χ3v) is 6.71. The number of rotatable bonds is 2. The van der Waals surface area contributed by atoms with Gasteiger partial charge in [-0.25, -0.2) is 8.42 Å². The Morgan fingerprint density at radius 2 is 1.56 bits per heavy atom. The van der Waals surface area contributed by atoms with Crippen LogP contribution in [0.2, 0.25) is 0 Å². The molecule has 0 bridgehead atoms. The van der Waals surface area contributed by atoms with Gasteiger partial charge in [0.15, 0.2) is 5.04 Å². The Kier molecular flexibility index (Phi) is 4.29. The monoisotopic (exact) mass is 363 g/mol. The number of hydrogen-bond acceptors (Lipinski definition) is 7. The first kappa shape index (κ1) is 18.1. The molecule has 0 radical (unpaired) electrons. The second-order valence-electron chi connectivity index (χ2n) is 7.25. The highest BCUT2D eigenvalue weighted by molar-refractivity contribution is 8.06. The average Bonchev–Trinajstić information content (AvgIpc) is 2.76. The van der Waals surface area contributed by atoms with E-state index in [0.29, 0.717) is 12.3 Å². The van der Waals surface area contributed by atoms with Crippen LogP contribution in [0, 0.1) is 0 Å². The molecular formula is C16H22BN3O4S.